The second-order valence-electron chi connectivity index (χ2n) is 4.24. The summed E-state index contributed by atoms with van der Waals surface area (Å²) in [5.74, 6) is 0.453. The van der Waals surface area contributed by atoms with Crippen LogP contribution >= 0.6 is 23.2 Å². The Kier molecular flexibility index (Phi) is 5.06. The number of halogens is 2. The van der Waals surface area contributed by atoms with Crippen molar-refractivity contribution in [3.05, 3.63) is 58.9 Å². The molecule has 0 aliphatic heterocycles. The summed E-state index contributed by atoms with van der Waals surface area (Å²) in [6, 6.07) is 11.8. The van der Waals surface area contributed by atoms with Gasteiger partial charge >= 0.3 is 0 Å². The molecule has 1 aromatic carbocycles. The zero-order chi connectivity index (χ0) is 13.7. The molecule has 0 aliphatic rings. The molecule has 2 rings (SSSR count). The number of pyridine rings is 1. The van der Waals surface area contributed by atoms with Gasteiger partial charge in [0.1, 0.15) is 0 Å². The van der Waals surface area contributed by atoms with Crippen molar-refractivity contribution in [1.82, 2.24) is 4.98 Å². The van der Waals surface area contributed by atoms with Gasteiger partial charge in [-0.25, -0.2) is 0 Å². The quantitative estimate of drug-likeness (QED) is 0.755. The maximum atomic E-state index is 6.01. The van der Waals surface area contributed by atoms with E-state index < -0.39 is 0 Å². The standard InChI is InChI=1S/C15H16Cl2N2/c1-2-19(11-14-5-3-4-8-18-14)15-7-6-13(17)9-12(15)10-16/h3-9H,2,10-11H2,1H3. The fourth-order valence-electron chi connectivity index (χ4n) is 2.02. The number of alkyl halides is 1. The molecule has 1 aromatic heterocycles. The van der Waals surface area contributed by atoms with Crippen molar-refractivity contribution < 1.29 is 0 Å². The Morgan fingerprint density at radius 1 is 1.21 bits per heavy atom. The van der Waals surface area contributed by atoms with E-state index in [1.54, 1.807) is 0 Å². The molecule has 0 unspecified atom stereocenters. The third-order valence-electron chi connectivity index (χ3n) is 2.99. The molecule has 2 aromatic rings. The Balaban J connectivity index is 2.27. The van der Waals surface area contributed by atoms with E-state index in [9.17, 15) is 0 Å². The molecule has 0 bridgehead atoms. The maximum Gasteiger partial charge on any atom is 0.0602 e. The summed E-state index contributed by atoms with van der Waals surface area (Å²) in [4.78, 5) is 6.61. The third kappa shape index (κ3) is 3.62. The SMILES string of the molecule is CCN(Cc1ccccn1)c1ccc(Cl)cc1CCl. The average molecular weight is 295 g/mol. The molecule has 0 fully saturated rings. The predicted octanol–water partition coefficient (Wildman–Crippen LogP) is 4.50. The van der Waals surface area contributed by atoms with E-state index in [1.165, 1.54) is 0 Å². The normalized spacial score (nSPS) is 10.5. The molecule has 4 heteroatoms. The van der Waals surface area contributed by atoms with Crippen LogP contribution in [0.1, 0.15) is 18.2 Å². The van der Waals surface area contributed by atoms with Crippen molar-refractivity contribution >= 4 is 28.9 Å². The van der Waals surface area contributed by atoms with Gasteiger partial charge in [0.25, 0.3) is 0 Å². The molecule has 2 nitrogen and oxygen atoms in total. The molecule has 0 spiro atoms. The lowest BCUT2D eigenvalue weighted by atomic mass is 10.1. The Labute approximate surface area is 124 Å². The number of anilines is 1. The van der Waals surface area contributed by atoms with Gasteiger partial charge in [0, 0.05) is 29.3 Å². The van der Waals surface area contributed by atoms with Crippen molar-refractivity contribution in [2.45, 2.75) is 19.3 Å². The fourth-order valence-corrected chi connectivity index (χ4v) is 2.43. The monoisotopic (exact) mass is 294 g/mol. The number of hydrogen-bond acceptors (Lipinski definition) is 2. The first kappa shape index (κ1) is 14.2. The first-order chi connectivity index (χ1) is 9.24. The minimum atomic E-state index is 0.453. The van der Waals surface area contributed by atoms with Crippen molar-refractivity contribution in [1.29, 1.82) is 0 Å². The molecule has 100 valence electrons. The van der Waals surface area contributed by atoms with Crippen LogP contribution in [0.15, 0.2) is 42.6 Å². The van der Waals surface area contributed by atoms with Gasteiger partial charge in [-0.3, -0.25) is 4.98 Å². The van der Waals surface area contributed by atoms with Crippen molar-refractivity contribution in [3.8, 4) is 0 Å². The minimum absolute atomic E-state index is 0.453. The molecular weight excluding hydrogens is 279 g/mol. The molecular formula is C15H16Cl2N2. The van der Waals surface area contributed by atoms with Crippen LogP contribution in [0.4, 0.5) is 5.69 Å². The van der Waals surface area contributed by atoms with Crippen LogP contribution in [0.5, 0.6) is 0 Å². The van der Waals surface area contributed by atoms with Crippen molar-refractivity contribution in [3.63, 3.8) is 0 Å². The number of nitrogens with zero attached hydrogens (tertiary/aromatic N) is 2. The first-order valence-electron chi connectivity index (χ1n) is 6.24. The second-order valence-corrected chi connectivity index (χ2v) is 4.95. The van der Waals surface area contributed by atoms with Gasteiger partial charge in [-0.05, 0) is 42.8 Å². The number of rotatable bonds is 5. The second kappa shape index (κ2) is 6.78. The predicted molar refractivity (Wildman–Crippen MR) is 82.0 cm³/mol. The van der Waals surface area contributed by atoms with Gasteiger partial charge < -0.3 is 4.90 Å². The molecule has 0 saturated carbocycles. The third-order valence-corrected chi connectivity index (χ3v) is 3.51. The zero-order valence-corrected chi connectivity index (χ0v) is 12.3. The van der Waals surface area contributed by atoms with Crippen LogP contribution in [0.25, 0.3) is 0 Å². The topological polar surface area (TPSA) is 16.1 Å². The van der Waals surface area contributed by atoms with E-state index >= 15 is 0 Å². The first-order valence-corrected chi connectivity index (χ1v) is 7.15. The van der Waals surface area contributed by atoms with Gasteiger partial charge in [-0.1, -0.05) is 17.7 Å². The van der Waals surface area contributed by atoms with Crippen LogP contribution in [0.2, 0.25) is 5.02 Å². The summed E-state index contributed by atoms with van der Waals surface area (Å²) in [5, 5.41) is 0.716. The Morgan fingerprint density at radius 3 is 2.68 bits per heavy atom. The van der Waals surface area contributed by atoms with E-state index in [-0.39, 0.29) is 0 Å². The number of aromatic nitrogens is 1. The highest BCUT2D eigenvalue weighted by atomic mass is 35.5. The van der Waals surface area contributed by atoms with Gasteiger partial charge in [0.05, 0.1) is 12.2 Å². The summed E-state index contributed by atoms with van der Waals surface area (Å²) >= 11 is 12.0. The lowest BCUT2D eigenvalue weighted by molar-refractivity contribution is 0.805. The molecule has 0 radical (unpaired) electrons. The summed E-state index contributed by atoms with van der Waals surface area (Å²) in [7, 11) is 0. The Bertz CT molecular complexity index is 529. The smallest absolute Gasteiger partial charge is 0.0602 e. The number of hydrogen-bond donors (Lipinski definition) is 0. The van der Waals surface area contributed by atoms with E-state index in [0.29, 0.717) is 10.9 Å². The molecule has 1 heterocycles. The van der Waals surface area contributed by atoms with Crippen molar-refractivity contribution in [2.24, 2.45) is 0 Å². The summed E-state index contributed by atoms with van der Waals surface area (Å²) in [6.07, 6.45) is 1.81. The fraction of sp³-hybridized carbons (Fsp3) is 0.267. The van der Waals surface area contributed by atoms with Gasteiger partial charge in [-0.2, -0.15) is 0 Å². The van der Waals surface area contributed by atoms with E-state index in [1.807, 2.05) is 42.6 Å². The van der Waals surface area contributed by atoms with Crippen LogP contribution in [-0.2, 0) is 12.4 Å². The van der Waals surface area contributed by atoms with E-state index in [2.05, 4.69) is 16.8 Å². The molecule has 0 saturated heterocycles. The highest BCUT2D eigenvalue weighted by Crippen LogP contribution is 2.26. The molecule has 0 amide bonds. The Morgan fingerprint density at radius 2 is 2.05 bits per heavy atom. The van der Waals surface area contributed by atoms with E-state index in [4.69, 9.17) is 23.2 Å². The molecule has 19 heavy (non-hydrogen) atoms. The molecule has 0 atom stereocenters. The van der Waals surface area contributed by atoms with Crippen LogP contribution in [0, 0.1) is 0 Å². The zero-order valence-electron chi connectivity index (χ0n) is 10.8. The van der Waals surface area contributed by atoms with Crippen molar-refractivity contribution in [2.75, 3.05) is 11.4 Å². The summed E-state index contributed by atoms with van der Waals surface area (Å²) in [6.45, 7) is 3.78. The summed E-state index contributed by atoms with van der Waals surface area (Å²) < 4.78 is 0. The van der Waals surface area contributed by atoms with E-state index in [0.717, 1.165) is 30.0 Å². The van der Waals surface area contributed by atoms with Crippen LogP contribution in [-0.4, -0.2) is 11.5 Å². The molecule has 0 aliphatic carbocycles. The highest BCUT2D eigenvalue weighted by molar-refractivity contribution is 6.30. The number of benzene rings is 1. The van der Waals surface area contributed by atoms with Gasteiger partial charge in [-0.15, -0.1) is 11.6 Å². The Hall–Kier alpha value is -1.25. The van der Waals surface area contributed by atoms with Crippen LogP contribution in [0.3, 0.4) is 0 Å². The highest BCUT2D eigenvalue weighted by Gasteiger charge is 2.11. The average Bonchev–Trinajstić information content (AvgIpc) is 2.46. The van der Waals surface area contributed by atoms with Crippen LogP contribution < -0.4 is 4.90 Å². The maximum absolute atomic E-state index is 6.01. The van der Waals surface area contributed by atoms with Gasteiger partial charge in [0.2, 0.25) is 0 Å². The van der Waals surface area contributed by atoms with Gasteiger partial charge in [0.15, 0.2) is 0 Å². The lowest BCUT2D eigenvalue weighted by Gasteiger charge is -2.25. The molecule has 0 N–H and O–H groups in total. The minimum Gasteiger partial charge on any atom is -0.366 e. The lowest BCUT2D eigenvalue weighted by Crippen LogP contribution is -2.23. The summed E-state index contributed by atoms with van der Waals surface area (Å²) in [5.41, 5.74) is 3.21. The largest absolute Gasteiger partial charge is 0.366 e.